The first-order chi connectivity index (χ1) is 13.9. The molecule has 154 valence electrons. The van der Waals surface area contributed by atoms with E-state index >= 15 is 0 Å². The van der Waals surface area contributed by atoms with Crippen LogP contribution in [0.4, 0.5) is 4.39 Å². The number of H-pyrrole nitrogens is 1. The monoisotopic (exact) mass is 397 g/mol. The van der Waals surface area contributed by atoms with Crippen molar-refractivity contribution < 1.29 is 13.9 Å². The lowest BCUT2D eigenvalue weighted by atomic mass is 10.0. The van der Waals surface area contributed by atoms with Crippen LogP contribution in [0.1, 0.15) is 17.0 Å². The van der Waals surface area contributed by atoms with Gasteiger partial charge in [-0.05, 0) is 63.3 Å². The molecule has 29 heavy (non-hydrogen) atoms. The van der Waals surface area contributed by atoms with E-state index in [1.807, 2.05) is 52.2 Å². The predicted molar refractivity (Wildman–Crippen MR) is 113 cm³/mol. The molecule has 3 rings (SSSR count). The number of hydrogen-bond donors (Lipinski definition) is 1. The highest BCUT2D eigenvalue weighted by Crippen LogP contribution is 2.33. The molecule has 0 spiro atoms. The standard InChI is InChI=1S/C23H28FN3O2/c1-16-21(17(2)26-25-16)10-12-29-23-15-19(24)8-9-22(23)18-6-5-7-20(14-18)28-13-11-27(3)4/h5-9,14-15H,10-13H2,1-4H3,(H,25,26). The minimum Gasteiger partial charge on any atom is -0.492 e. The van der Waals surface area contributed by atoms with Crippen molar-refractivity contribution in [1.29, 1.82) is 0 Å². The van der Waals surface area contributed by atoms with Gasteiger partial charge in [-0.25, -0.2) is 4.39 Å². The molecule has 0 atom stereocenters. The van der Waals surface area contributed by atoms with E-state index in [1.54, 1.807) is 6.07 Å². The normalized spacial score (nSPS) is 11.1. The van der Waals surface area contributed by atoms with Crippen molar-refractivity contribution in [2.75, 3.05) is 33.9 Å². The summed E-state index contributed by atoms with van der Waals surface area (Å²) in [4.78, 5) is 2.07. The van der Waals surface area contributed by atoms with E-state index in [0.29, 0.717) is 25.4 Å². The van der Waals surface area contributed by atoms with Crippen LogP contribution in [0.3, 0.4) is 0 Å². The number of rotatable bonds is 9. The smallest absolute Gasteiger partial charge is 0.130 e. The fourth-order valence-electron chi connectivity index (χ4n) is 3.16. The second-order valence-electron chi connectivity index (χ2n) is 7.33. The van der Waals surface area contributed by atoms with Crippen molar-refractivity contribution in [3.63, 3.8) is 0 Å². The third-order valence-corrected chi connectivity index (χ3v) is 4.79. The predicted octanol–water partition coefficient (Wildman–Crippen LogP) is 4.39. The Hall–Kier alpha value is -2.86. The van der Waals surface area contributed by atoms with Crippen LogP contribution in [0, 0.1) is 19.7 Å². The van der Waals surface area contributed by atoms with Crippen molar-refractivity contribution in [3.05, 3.63) is 65.2 Å². The van der Waals surface area contributed by atoms with Crippen LogP contribution < -0.4 is 9.47 Å². The fraction of sp³-hybridized carbons (Fsp3) is 0.348. The van der Waals surface area contributed by atoms with Crippen LogP contribution >= 0.6 is 0 Å². The highest BCUT2D eigenvalue weighted by Gasteiger charge is 2.11. The van der Waals surface area contributed by atoms with E-state index < -0.39 is 0 Å². The average molecular weight is 397 g/mol. The van der Waals surface area contributed by atoms with Crippen LogP contribution in [-0.4, -0.2) is 49.0 Å². The molecule has 0 amide bonds. The second kappa shape index (κ2) is 9.56. The topological polar surface area (TPSA) is 50.4 Å². The maximum Gasteiger partial charge on any atom is 0.130 e. The van der Waals surface area contributed by atoms with Crippen molar-refractivity contribution >= 4 is 0 Å². The van der Waals surface area contributed by atoms with E-state index in [-0.39, 0.29) is 5.82 Å². The molecule has 6 heteroatoms. The van der Waals surface area contributed by atoms with Gasteiger partial charge in [0, 0.05) is 30.3 Å². The number of aromatic amines is 1. The number of hydrogen-bond acceptors (Lipinski definition) is 4. The number of benzene rings is 2. The zero-order valence-electron chi connectivity index (χ0n) is 17.5. The Morgan fingerprint density at radius 1 is 1.03 bits per heavy atom. The number of aryl methyl sites for hydroxylation is 2. The number of likely N-dealkylation sites (N-methyl/N-ethyl adjacent to an activating group) is 1. The third-order valence-electron chi connectivity index (χ3n) is 4.79. The lowest BCUT2D eigenvalue weighted by molar-refractivity contribution is 0.261. The van der Waals surface area contributed by atoms with Gasteiger partial charge in [0.05, 0.1) is 12.3 Å². The molecular weight excluding hydrogens is 369 g/mol. The van der Waals surface area contributed by atoms with Gasteiger partial charge in [0.25, 0.3) is 0 Å². The molecular formula is C23H28FN3O2. The zero-order valence-corrected chi connectivity index (χ0v) is 17.5. The van der Waals surface area contributed by atoms with E-state index in [2.05, 4.69) is 15.1 Å². The molecule has 1 N–H and O–H groups in total. The Bertz CT molecular complexity index is 934. The maximum atomic E-state index is 13.9. The molecule has 2 aromatic carbocycles. The van der Waals surface area contributed by atoms with Gasteiger partial charge in [0.2, 0.25) is 0 Å². The molecule has 0 unspecified atom stereocenters. The molecule has 1 heterocycles. The van der Waals surface area contributed by atoms with Crippen LogP contribution in [0.2, 0.25) is 0 Å². The van der Waals surface area contributed by atoms with Gasteiger partial charge in [0.1, 0.15) is 23.9 Å². The zero-order chi connectivity index (χ0) is 20.8. The Morgan fingerprint density at radius 3 is 2.59 bits per heavy atom. The molecule has 0 bridgehead atoms. The van der Waals surface area contributed by atoms with Crippen molar-refractivity contribution in [1.82, 2.24) is 15.1 Å². The van der Waals surface area contributed by atoms with E-state index in [0.717, 1.165) is 40.4 Å². The van der Waals surface area contributed by atoms with Crippen LogP contribution in [0.25, 0.3) is 11.1 Å². The van der Waals surface area contributed by atoms with Crippen LogP contribution in [0.5, 0.6) is 11.5 Å². The lowest BCUT2D eigenvalue weighted by Gasteiger charge is -2.14. The van der Waals surface area contributed by atoms with Crippen molar-refractivity contribution in [2.24, 2.45) is 0 Å². The summed E-state index contributed by atoms with van der Waals surface area (Å²) in [7, 11) is 4.02. The van der Waals surface area contributed by atoms with Crippen LogP contribution in [0.15, 0.2) is 42.5 Å². The minimum absolute atomic E-state index is 0.321. The van der Waals surface area contributed by atoms with Gasteiger partial charge >= 0.3 is 0 Å². The molecule has 1 aromatic heterocycles. The highest BCUT2D eigenvalue weighted by atomic mass is 19.1. The SMILES string of the molecule is Cc1n[nH]c(C)c1CCOc1cc(F)ccc1-c1cccc(OCCN(C)C)c1. The Kier molecular flexibility index (Phi) is 6.88. The number of ether oxygens (including phenoxy) is 2. The minimum atomic E-state index is -0.321. The second-order valence-corrected chi connectivity index (χ2v) is 7.33. The van der Waals surface area contributed by atoms with E-state index in [9.17, 15) is 4.39 Å². The first-order valence-electron chi connectivity index (χ1n) is 9.75. The molecule has 0 aliphatic carbocycles. The molecule has 0 aliphatic rings. The number of halogens is 1. The molecule has 3 aromatic rings. The maximum absolute atomic E-state index is 13.9. The van der Waals surface area contributed by atoms with Gasteiger partial charge < -0.3 is 14.4 Å². The fourth-order valence-corrected chi connectivity index (χ4v) is 3.16. The molecule has 0 aliphatic heterocycles. The van der Waals surface area contributed by atoms with Crippen molar-refractivity contribution in [2.45, 2.75) is 20.3 Å². The van der Waals surface area contributed by atoms with Crippen molar-refractivity contribution in [3.8, 4) is 22.6 Å². The van der Waals surface area contributed by atoms with Gasteiger partial charge in [0.15, 0.2) is 0 Å². The summed E-state index contributed by atoms with van der Waals surface area (Å²) in [6.45, 7) is 5.84. The molecule has 0 saturated carbocycles. The molecule has 0 saturated heterocycles. The molecule has 0 radical (unpaired) electrons. The summed E-state index contributed by atoms with van der Waals surface area (Å²) in [5, 5.41) is 7.19. The van der Waals surface area contributed by atoms with Gasteiger partial charge in [-0.3, -0.25) is 5.10 Å². The lowest BCUT2D eigenvalue weighted by Crippen LogP contribution is -2.19. The van der Waals surface area contributed by atoms with Crippen LogP contribution in [-0.2, 0) is 6.42 Å². The number of nitrogens with zero attached hydrogens (tertiary/aromatic N) is 2. The first kappa shape index (κ1) is 20.9. The Balaban J connectivity index is 1.74. The molecule has 5 nitrogen and oxygen atoms in total. The van der Waals surface area contributed by atoms with Gasteiger partial charge in [-0.15, -0.1) is 0 Å². The summed E-state index contributed by atoms with van der Waals surface area (Å²) >= 11 is 0. The molecule has 0 fully saturated rings. The Morgan fingerprint density at radius 2 is 1.86 bits per heavy atom. The summed E-state index contributed by atoms with van der Waals surface area (Å²) in [6, 6.07) is 12.4. The summed E-state index contributed by atoms with van der Waals surface area (Å²) in [5.74, 6) is 0.983. The van der Waals surface area contributed by atoms with E-state index in [1.165, 1.54) is 12.1 Å². The summed E-state index contributed by atoms with van der Waals surface area (Å²) in [6.07, 6.45) is 0.706. The number of nitrogens with one attached hydrogen (secondary N) is 1. The largest absolute Gasteiger partial charge is 0.492 e. The van der Waals surface area contributed by atoms with E-state index in [4.69, 9.17) is 9.47 Å². The highest BCUT2D eigenvalue weighted by molar-refractivity contribution is 5.71. The van der Waals surface area contributed by atoms with Gasteiger partial charge in [-0.1, -0.05) is 12.1 Å². The summed E-state index contributed by atoms with van der Waals surface area (Å²) in [5.41, 5.74) is 4.91. The van der Waals surface area contributed by atoms with Gasteiger partial charge in [-0.2, -0.15) is 5.10 Å². The third kappa shape index (κ3) is 5.57. The average Bonchev–Trinajstić information content (AvgIpc) is 3.00. The summed E-state index contributed by atoms with van der Waals surface area (Å²) < 4.78 is 25.7. The first-order valence-corrected chi connectivity index (χ1v) is 9.75. The Labute approximate surface area is 171 Å². The number of aromatic nitrogens is 2. The quantitative estimate of drug-likeness (QED) is 0.582.